The van der Waals surface area contributed by atoms with Crippen LogP contribution < -0.4 is 5.32 Å². The Labute approximate surface area is 111 Å². The zero-order chi connectivity index (χ0) is 12.8. The van der Waals surface area contributed by atoms with Gasteiger partial charge in [-0.1, -0.05) is 12.8 Å². The van der Waals surface area contributed by atoms with Crippen molar-refractivity contribution in [3.63, 3.8) is 0 Å². The lowest BCUT2D eigenvalue weighted by Crippen LogP contribution is -2.34. The summed E-state index contributed by atoms with van der Waals surface area (Å²) in [7, 11) is -2.99. The van der Waals surface area contributed by atoms with Gasteiger partial charge in [-0.25, -0.2) is 12.7 Å². The van der Waals surface area contributed by atoms with Gasteiger partial charge in [0.05, 0.1) is 5.75 Å². The monoisotopic (exact) mass is 274 g/mol. The lowest BCUT2D eigenvalue weighted by atomic mass is 10.2. The molecule has 0 aromatic carbocycles. The Bertz CT molecular complexity index is 331. The van der Waals surface area contributed by atoms with Gasteiger partial charge in [-0.2, -0.15) is 0 Å². The predicted molar refractivity (Wildman–Crippen MR) is 74.1 cm³/mol. The summed E-state index contributed by atoms with van der Waals surface area (Å²) in [6.45, 7) is 2.45. The molecule has 0 spiro atoms. The molecule has 2 aliphatic rings. The van der Waals surface area contributed by atoms with Gasteiger partial charge >= 0.3 is 0 Å². The summed E-state index contributed by atoms with van der Waals surface area (Å²) < 4.78 is 26.0. The van der Waals surface area contributed by atoms with Crippen molar-refractivity contribution in [3.05, 3.63) is 0 Å². The molecule has 0 unspecified atom stereocenters. The molecule has 0 atom stereocenters. The van der Waals surface area contributed by atoms with E-state index in [-0.39, 0.29) is 0 Å². The molecule has 18 heavy (non-hydrogen) atoms. The lowest BCUT2D eigenvalue weighted by molar-refractivity contribution is 0.422. The van der Waals surface area contributed by atoms with E-state index in [1.54, 1.807) is 4.31 Å². The van der Waals surface area contributed by atoms with Crippen LogP contribution in [-0.2, 0) is 10.0 Å². The Hall–Kier alpha value is -0.130. The molecule has 0 aromatic rings. The fourth-order valence-electron chi connectivity index (χ4n) is 2.45. The maximum Gasteiger partial charge on any atom is 0.214 e. The molecule has 0 amide bonds. The van der Waals surface area contributed by atoms with E-state index in [0.717, 1.165) is 51.4 Å². The quantitative estimate of drug-likeness (QED) is 0.719. The van der Waals surface area contributed by atoms with Crippen LogP contribution in [0.25, 0.3) is 0 Å². The zero-order valence-electron chi connectivity index (χ0n) is 11.2. The van der Waals surface area contributed by atoms with E-state index >= 15 is 0 Å². The first kappa shape index (κ1) is 14.3. The van der Waals surface area contributed by atoms with Gasteiger partial charge in [0, 0.05) is 19.1 Å². The van der Waals surface area contributed by atoms with Crippen LogP contribution in [0.2, 0.25) is 0 Å². The highest BCUT2D eigenvalue weighted by Crippen LogP contribution is 2.18. The fraction of sp³-hybridized carbons (Fsp3) is 1.00. The standard InChI is InChI=1S/C13H26N2O2S/c16-18(17,15-10-4-1-2-5-11-15)12-6-3-9-14-13-7-8-13/h13-14H,1-12H2. The molecule has 1 saturated heterocycles. The average molecular weight is 274 g/mol. The Morgan fingerprint density at radius 3 is 2.28 bits per heavy atom. The molecule has 1 heterocycles. The van der Waals surface area contributed by atoms with Gasteiger partial charge in [0.2, 0.25) is 10.0 Å². The summed E-state index contributed by atoms with van der Waals surface area (Å²) in [6, 6.07) is 0.729. The van der Waals surface area contributed by atoms with Crippen molar-refractivity contribution in [2.24, 2.45) is 0 Å². The van der Waals surface area contributed by atoms with Gasteiger partial charge < -0.3 is 5.32 Å². The van der Waals surface area contributed by atoms with Crippen molar-refractivity contribution < 1.29 is 8.42 Å². The molecular weight excluding hydrogens is 248 g/mol. The van der Waals surface area contributed by atoms with E-state index in [1.807, 2.05) is 0 Å². The highest BCUT2D eigenvalue weighted by atomic mass is 32.2. The molecule has 2 rings (SSSR count). The maximum absolute atomic E-state index is 12.2. The summed E-state index contributed by atoms with van der Waals surface area (Å²) >= 11 is 0. The fourth-order valence-corrected chi connectivity index (χ4v) is 4.09. The third-order valence-corrected chi connectivity index (χ3v) is 5.75. The van der Waals surface area contributed by atoms with Crippen molar-refractivity contribution in [1.29, 1.82) is 0 Å². The molecular formula is C13H26N2O2S. The van der Waals surface area contributed by atoms with Crippen LogP contribution in [0.5, 0.6) is 0 Å². The minimum Gasteiger partial charge on any atom is -0.314 e. The van der Waals surface area contributed by atoms with Crippen LogP contribution in [0.15, 0.2) is 0 Å². The molecule has 1 saturated carbocycles. The second kappa shape index (κ2) is 6.87. The molecule has 0 aromatic heterocycles. The molecule has 5 heteroatoms. The molecule has 0 bridgehead atoms. The molecule has 1 N–H and O–H groups in total. The van der Waals surface area contributed by atoms with Crippen LogP contribution in [0.4, 0.5) is 0 Å². The van der Waals surface area contributed by atoms with Crippen molar-refractivity contribution in [1.82, 2.24) is 9.62 Å². The Balaban J connectivity index is 1.64. The first-order valence-corrected chi connectivity index (χ1v) is 9.00. The van der Waals surface area contributed by atoms with Gasteiger partial charge in [0.25, 0.3) is 0 Å². The number of nitrogens with zero attached hydrogens (tertiary/aromatic N) is 1. The zero-order valence-corrected chi connectivity index (χ0v) is 12.1. The van der Waals surface area contributed by atoms with Crippen LogP contribution in [0.3, 0.4) is 0 Å². The summed E-state index contributed by atoms with van der Waals surface area (Å²) in [6.07, 6.45) is 8.78. The number of unbranched alkanes of at least 4 members (excludes halogenated alkanes) is 1. The van der Waals surface area contributed by atoms with Gasteiger partial charge in [-0.3, -0.25) is 0 Å². The van der Waals surface area contributed by atoms with E-state index in [9.17, 15) is 8.42 Å². The minimum absolute atomic E-state index is 0.333. The smallest absolute Gasteiger partial charge is 0.214 e. The van der Waals surface area contributed by atoms with Crippen molar-refractivity contribution in [2.75, 3.05) is 25.4 Å². The van der Waals surface area contributed by atoms with Crippen LogP contribution in [0, 0.1) is 0 Å². The average Bonchev–Trinajstić information content (AvgIpc) is 3.15. The third-order valence-electron chi connectivity index (χ3n) is 3.80. The number of hydrogen-bond donors (Lipinski definition) is 1. The Morgan fingerprint density at radius 1 is 1.00 bits per heavy atom. The Morgan fingerprint density at radius 2 is 1.67 bits per heavy atom. The number of hydrogen-bond acceptors (Lipinski definition) is 3. The number of sulfonamides is 1. The van der Waals surface area contributed by atoms with Gasteiger partial charge in [0.1, 0.15) is 0 Å². The summed E-state index contributed by atoms with van der Waals surface area (Å²) in [5.74, 6) is 0.333. The molecule has 4 nitrogen and oxygen atoms in total. The molecule has 0 radical (unpaired) electrons. The number of nitrogens with one attached hydrogen (secondary N) is 1. The highest BCUT2D eigenvalue weighted by molar-refractivity contribution is 7.89. The predicted octanol–water partition coefficient (Wildman–Crippen LogP) is 1.72. The van der Waals surface area contributed by atoms with Gasteiger partial charge in [-0.05, 0) is 45.1 Å². The second-order valence-corrected chi connectivity index (χ2v) is 7.65. The van der Waals surface area contributed by atoms with E-state index in [0.29, 0.717) is 5.75 Å². The maximum atomic E-state index is 12.2. The third kappa shape index (κ3) is 4.86. The summed E-state index contributed by atoms with van der Waals surface area (Å²) in [4.78, 5) is 0. The largest absolute Gasteiger partial charge is 0.314 e. The first-order chi connectivity index (χ1) is 8.68. The van der Waals surface area contributed by atoms with Crippen molar-refractivity contribution in [2.45, 2.75) is 57.4 Å². The van der Waals surface area contributed by atoms with E-state index in [1.165, 1.54) is 25.7 Å². The molecule has 1 aliphatic carbocycles. The summed E-state index contributed by atoms with van der Waals surface area (Å²) in [5, 5.41) is 3.42. The Kier molecular flexibility index (Phi) is 5.45. The van der Waals surface area contributed by atoms with E-state index < -0.39 is 10.0 Å². The summed E-state index contributed by atoms with van der Waals surface area (Å²) in [5.41, 5.74) is 0. The van der Waals surface area contributed by atoms with Crippen molar-refractivity contribution in [3.8, 4) is 0 Å². The molecule has 2 fully saturated rings. The SMILES string of the molecule is O=S(=O)(CCCCNC1CC1)N1CCCCCC1. The van der Waals surface area contributed by atoms with Crippen LogP contribution in [0.1, 0.15) is 51.4 Å². The van der Waals surface area contributed by atoms with E-state index in [4.69, 9.17) is 0 Å². The highest BCUT2D eigenvalue weighted by Gasteiger charge is 2.23. The second-order valence-electron chi connectivity index (χ2n) is 5.56. The van der Waals surface area contributed by atoms with Crippen LogP contribution >= 0.6 is 0 Å². The molecule has 106 valence electrons. The normalized spacial score (nSPS) is 22.9. The minimum atomic E-state index is -2.99. The van der Waals surface area contributed by atoms with Gasteiger partial charge in [-0.15, -0.1) is 0 Å². The lowest BCUT2D eigenvalue weighted by Gasteiger charge is -2.19. The van der Waals surface area contributed by atoms with Crippen molar-refractivity contribution >= 4 is 10.0 Å². The van der Waals surface area contributed by atoms with E-state index in [2.05, 4.69) is 5.32 Å². The first-order valence-electron chi connectivity index (χ1n) is 7.40. The van der Waals surface area contributed by atoms with Crippen LogP contribution in [-0.4, -0.2) is 44.2 Å². The molecule has 1 aliphatic heterocycles. The van der Waals surface area contributed by atoms with Gasteiger partial charge in [0.15, 0.2) is 0 Å². The topological polar surface area (TPSA) is 49.4 Å². The number of rotatable bonds is 7.